The number of ether oxygens (including phenoxy) is 1. The predicted octanol–water partition coefficient (Wildman–Crippen LogP) is 3.49. The van der Waals surface area contributed by atoms with Crippen molar-refractivity contribution in [1.29, 1.82) is 0 Å². The molecule has 0 bridgehead atoms. The molecule has 2 N–H and O–H groups in total. The molecule has 1 aromatic rings. The summed E-state index contributed by atoms with van der Waals surface area (Å²) in [5, 5.41) is 0. The zero-order valence-electron chi connectivity index (χ0n) is 12.5. The van der Waals surface area contributed by atoms with Gasteiger partial charge in [-0.2, -0.15) is 0 Å². The molecule has 0 radical (unpaired) electrons. The van der Waals surface area contributed by atoms with Gasteiger partial charge >= 0.3 is 0 Å². The number of hydrogen-bond acceptors (Lipinski definition) is 3. The maximum atomic E-state index is 10.5. The first-order chi connectivity index (χ1) is 9.76. The Hall–Kier alpha value is -1.35. The third-order valence-electron chi connectivity index (χ3n) is 3.34. The molecule has 1 aromatic carbocycles. The van der Waals surface area contributed by atoms with E-state index in [2.05, 4.69) is 6.92 Å². The second kappa shape index (κ2) is 10.4. The topological polar surface area (TPSA) is 52.3 Å². The van der Waals surface area contributed by atoms with Crippen LogP contribution in [0.4, 0.5) is 0 Å². The summed E-state index contributed by atoms with van der Waals surface area (Å²) in [7, 11) is 0. The summed E-state index contributed by atoms with van der Waals surface area (Å²) in [6.07, 6.45) is 8.99. The number of aldehydes is 1. The molecule has 3 heteroatoms. The molecule has 0 spiro atoms. The predicted molar refractivity (Wildman–Crippen MR) is 83.1 cm³/mol. The van der Waals surface area contributed by atoms with Gasteiger partial charge in [0.05, 0.1) is 12.6 Å². The Morgan fingerprint density at radius 2 is 1.75 bits per heavy atom. The first-order valence-corrected chi connectivity index (χ1v) is 7.69. The van der Waals surface area contributed by atoms with E-state index >= 15 is 0 Å². The van der Waals surface area contributed by atoms with E-state index in [4.69, 9.17) is 10.5 Å². The summed E-state index contributed by atoms with van der Waals surface area (Å²) in [4.78, 5) is 10.5. The van der Waals surface area contributed by atoms with Gasteiger partial charge in [-0.3, -0.25) is 0 Å². The van der Waals surface area contributed by atoms with Crippen LogP contribution in [0.25, 0.3) is 0 Å². The van der Waals surface area contributed by atoms with Crippen molar-refractivity contribution in [3.8, 4) is 5.75 Å². The third-order valence-corrected chi connectivity index (χ3v) is 3.34. The van der Waals surface area contributed by atoms with Crippen LogP contribution in [0.5, 0.6) is 5.75 Å². The van der Waals surface area contributed by atoms with Gasteiger partial charge in [0.15, 0.2) is 0 Å². The molecule has 20 heavy (non-hydrogen) atoms. The summed E-state index contributed by atoms with van der Waals surface area (Å²) in [5.74, 6) is 0.891. The lowest BCUT2D eigenvalue weighted by atomic mass is 10.1. The average Bonchev–Trinajstić information content (AvgIpc) is 2.48. The third kappa shape index (κ3) is 7.29. The lowest BCUT2D eigenvalue weighted by Crippen LogP contribution is -2.23. The van der Waals surface area contributed by atoms with Crippen LogP contribution in [-0.4, -0.2) is 18.9 Å². The zero-order chi connectivity index (χ0) is 14.6. The molecule has 3 nitrogen and oxygen atoms in total. The summed E-state index contributed by atoms with van der Waals surface area (Å²) in [6.45, 7) is 3.01. The smallest absolute Gasteiger partial charge is 0.137 e. The van der Waals surface area contributed by atoms with Crippen molar-refractivity contribution < 1.29 is 9.53 Å². The van der Waals surface area contributed by atoms with Crippen molar-refractivity contribution in [2.24, 2.45) is 5.73 Å². The molecule has 0 aliphatic rings. The van der Waals surface area contributed by atoms with Gasteiger partial charge in [0.1, 0.15) is 12.0 Å². The summed E-state index contributed by atoms with van der Waals surface area (Å²) in [5.41, 5.74) is 6.66. The Balaban J connectivity index is 2.16. The van der Waals surface area contributed by atoms with E-state index in [1.54, 1.807) is 0 Å². The van der Waals surface area contributed by atoms with E-state index in [9.17, 15) is 4.79 Å². The summed E-state index contributed by atoms with van der Waals surface area (Å²) in [6, 6.07) is 7.43. The zero-order valence-corrected chi connectivity index (χ0v) is 12.5. The second-order valence-corrected chi connectivity index (χ2v) is 5.26. The number of unbranched alkanes of at least 4 members (excludes halogenated alkanes) is 5. The Kier molecular flexibility index (Phi) is 8.72. The average molecular weight is 277 g/mol. The standard InChI is InChI=1S/C17H27NO2/c1-2-3-4-5-6-7-12-20-17-10-8-15(9-11-17)13-16(18)14-19/h8-11,14,16H,2-7,12-13,18H2,1H3. The van der Waals surface area contributed by atoms with Gasteiger partial charge in [-0.25, -0.2) is 0 Å². The quantitative estimate of drug-likeness (QED) is 0.497. The van der Waals surface area contributed by atoms with Crippen molar-refractivity contribution in [3.63, 3.8) is 0 Å². The number of nitrogens with two attached hydrogens (primary N) is 1. The Morgan fingerprint density at radius 3 is 2.40 bits per heavy atom. The Morgan fingerprint density at radius 1 is 1.10 bits per heavy atom. The number of carbonyl (C=O) groups excluding carboxylic acids is 1. The minimum absolute atomic E-state index is 0.412. The van der Waals surface area contributed by atoms with Gasteiger partial charge in [-0.05, 0) is 30.5 Å². The number of rotatable bonds is 11. The van der Waals surface area contributed by atoms with E-state index in [1.165, 1.54) is 32.1 Å². The van der Waals surface area contributed by atoms with Crippen LogP contribution in [0.2, 0.25) is 0 Å². The normalized spacial score (nSPS) is 12.1. The fourth-order valence-corrected chi connectivity index (χ4v) is 2.11. The highest BCUT2D eigenvalue weighted by atomic mass is 16.5. The SMILES string of the molecule is CCCCCCCCOc1ccc(CC(N)C=O)cc1. The summed E-state index contributed by atoms with van der Waals surface area (Å²) < 4.78 is 5.70. The first kappa shape index (κ1) is 16.7. The van der Waals surface area contributed by atoms with Crippen LogP contribution in [-0.2, 0) is 11.2 Å². The highest BCUT2D eigenvalue weighted by molar-refractivity contribution is 5.57. The van der Waals surface area contributed by atoms with Crippen LogP contribution in [0.3, 0.4) is 0 Å². The van der Waals surface area contributed by atoms with Crippen LogP contribution in [0, 0.1) is 0 Å². The summed E-state index contributed by atoms with van der Waals surface area (Å²) >= 11 is 0. The van der Waals surface area contributed by atoms with E-state index in [-0.39, 0.29) is 0 Å². The molecule has 1 unspecified atom stereocenters. The Labute approximate surface area is 122 Å². The van der Waals surface area contributed by atoms with Gasteiger partial charge < -0.3 is 15.3 Å². The fourth-order valence-electron chi connectivity index (χ4n) is 2.11. The van der Waals surface area contributed by atoms with Crippen LogP contribution >= 0.6 is 0 Å². The molecule has 1 atom stereocenters. The highest BCUT2D eigenvalue weighted by Crippen LogP contribution is 2.14. The monoisotopic (exact) mass is 277 g/mol. The molecular formula is C17H27NO2. The van der Waals surface area contributed by atoms with Gasteiger partial charge in [0.2, 0.25) is 0 Å². The first-order valence-electron chi connectivity index (χ1n) is 7.69. The van der Waals surface area contributed by atoms with Crippen molar-refractivity contribution in [2.75, 3.05) is 6.61 Å². The molecule has 1 rings (SSSR count). The molecule has 0 aliphatic heterocycles. The fraction of sp³-hybridized carbons (Fsp3) is 0.588. The highest BCUT2D eigenvalue weighted by Gasteiger charge is 2.02. The molecule has 0 aromatic heterocycles. The van der Waals surface area contributed by atoms with Crippen molar-refractivity contribution in [1.82, 2.24) is 0 Å². The molecule has 0 saturated carbocycles. The Bertz CT molecular complexity index is 362. The van der Waals surface area contributed by atoms with E-state index in [0.29, 0.717) is 6.42 Å². The van der Waals surface area contributed by atoms with Crippen molar-refractivity contribution in [3.05, 3.63) is 29.8 Å². The largest absolute Gasteiger partial charge is 0.494 e. The lowest BCUT2D eigenvalue weighted by molar-refractivity contribution is -0.108. The van der Waals surface area contributed by atoms with Gasteiger partial charge in [0.25, 0.3) is 0 Å². The molecule has 112 valence electrons. The molecule has 0 fully saturated rings. The van der Waals surface area contributed by atoms with E-state index < -0.39 is 6.04 Å². The number of benzene rings is 1. The number of carbonyl (C=O) groups is 1. The van der Waals surface area contributed by atoms with Gasteiger partial charge in [0, 0.05) is 0 Å². The van der Waals surface area contributed by atoms with Crippen molar-refractivity contribution >= 4 is 6.29 Å². The van der Waals surface area contributed by atoms with Gasteiger partial charge in [-0.15, -0.1) is 0 Å². The maximum absolute atomic E-state index is 10.5. The molecule has 0 aliphatic carbocycles. The minimum Gasteiger partial charge on any atom is -0.494 e. The van der Waals surface area contributed by atoms with Crippen LogP contribution in [0.1, 0.15) is 51.0 Å². The lowest BCUT2D eigenvalue weighted by Gasteiger charge is -2.08. The minimum atomic E-state index is -0.412. The van der Waals surface area contributed by atoms with Gasteiger partial charge in [-0.1, -0.05) is 51.2 Å². The molecule has 0 saturated heterocycles. The number of hydrogen-bond donors (Lipinski definition) is 1. The van der Waals surface area contributed by atoms with E-state index in [1.807, 2.05) is 24.3 Å². The molecular weight excluding hydrogens is 250 g/mol. The van der Waals surface area contributed by atoms with Crippen LogP contribution in [0.15, 0.2) is 24.3 Å². The molecule has 0 heterocycles. The van der Waals surface area contributed by atoms with Crippen LogP contribution < -0.4 is 10.5 Å². The maximum Gasteiger partial charge on any atom is 0.137 e. The molecule has 0 amide bonds. The van der Waals surface area contributed by atoms with E-state index in [0.717, 1.165) is 30.6 Å². The second-order valence-electron chi connectivity index (χ2n) is 5.26. The van der Waals surface area contributed by atoms with Crippen molar-refractivity contribution in [2.45, 2.75) is 57.9 Å².